The van der Waals surface area contributed by atoms with E-state index < -0.39 is 0 Å². The van der Waals surface area contributed by atoms with Crippen molar-refractivity contribution in [3.05, 3.63) is 231 Å². The molecule has 328 valence electrons. The molecule has 0 bridgehead atoms. The van der Waals surface area contributed by atoms with Crippen LogP contribution in [0.1, 0.15) is 0 Å². The molecule has 4 aromatic heterocycles. The van der Waals surface area contributed by atoms with Crippen molar-refractivity contribution < 1.29 is 4.42 Å². The Labute approximate surface area is 414 Å². The fourth-order valence-electron chi connectivity index (χ4n) is 10.8. The van der Waals surface area contributed by atoms with E-state index >= 15 is 0 Å². The molecule has 0 atom stereocenters. The Bertz CT molecular complexity index is 4560. The van der Waals surface area contributed by atoms with Crippen molar-refractivity contribution in [2.45, 2.75) is 0 Å². The van der Waals surface area contributed by atoms with Gasteiger partial charge >= 0.3 is 0 Å². The minimum Gasteiger partial charge on any atom is -0.454 e. The minimum atomic E-state index is 0.827. The van der Waals surface area contributed by atoms with Crippen LogP contribution in [0.2, 0.25) is 0 Å². The zero-order valence-electron chi connectivity index (χ0n) is 37.5. The summed E-state index contributed by atoms with van der Waals surface area (Å²) in [6.45, 7) is 0. The standard InChI is InChI=1S/C64H38N2OS3/c1-3-14-42(15-4-1)65(44-26-31-59-51(35-44)48-19-9-11-21-57(48)68-59)46-37-53-50-33-40(41-25-29-61-54(34-41)63-47-18-8-7-13-39(47)24-30-62(63)70-61)23-28-56(50)67-64(53)55(38-46)66(43-16-5-2-6-17-43)45-27-32-60-52(36-45)49-20-10-12-22-58(49)69-60/h1-38H. The molecule has 0 aliphatic carbocycles. The van der Waals surface area contributed by atoms with Crippen LogP contribution in [0.3, 0.4) is 0 Å². The van der Waals surface area contributed by atoms with E-state index in [2.05, 4.69) is 240 Å². The molecule has 0 aliphatic rings. The largest absolute Gasteiger partial charge is 0.454 e. The van der Waals surface area contributed by atoms with Crippen LogP contribution in [0.25, 0.3) is 104 Å². The average molecular weight is 947 g/mol. The summed E-state index contributed by atoms with van der Waals surface area (Å²) < 4.78 is 14.9. The van der Waals surface area contributed by atoms with Crippen LogP contribution in [-0.2, 0) is 0 Å². The molecule has 11 aromatic carbocycles. The number of benzene rings is 11. The van der Waals surface area contributed by atoms with Gasteiger partial charge < -0.3 is 14.2 Å². The van der Waals surface area contributed by atoms with Crippen LogP contribution in [-0.4, -0.2) is 0 Å². The van der Waals surface area contributed by atoms with Crippen molar-refractivity contribution in [2.75, 3.05) is 9.80 Å². The average Bonchev–Trinajstić information content (AvgIpc) is 4.19. The SMILES string of the molecule is c1ccc(N(c2ccc3sc4ccccc4c3c2)c2cc(N(c3ccccc3)c3ccc4sc5ccccc5c4c3)c3oc4ccc(-c5ccc6sc7ccc8ccccc8c7c6c5)cc4c3c2)cc1. The van der Waals surface area contributed by atoms with Crippen molar-refractivity contribution in [1.29, 1.82) is 0 Å². The molecule has 0 N–H and O–H groups in total. The lowest BCUT2D eigenvalue weighted by molar-refractivity contribution is 0.669. The molecule has 0 aliphatic heterocycles. The van der Waals surface area contributed by atoms with Gasteiger partial charge in [-0.05, 0) is 137 Å². The number of fused-ring (bicyclic) bond motifs is 14. The second-order valence-corrected chi connectivity index (χ2v) is 21.3. The predicted molar refractivity (Wildman–Crippen MR) is 305 cm³/mol. The highest BCUT2D eigenvalue weighted by atomic mass is 32.1. The van der Waals surface area contributed by atoms with Crippen molar-refractivity contribution in [3.8, 4) is 11.1 Å². The minimum absolute atomic E-state index is 0.827. The van der Waals surface area contributed by atoms with E-state index in [0.717, 1.165) is 61.6 Å². The topological polar surface area (TPSA) is 19.6 Å². The maximum atomic E-state index is 7.19. The number of hydrogen-bond donors (Lipinski definition) is 0. The van der Waals surface area contributed by atoms with Gasteiger partial charge in [-0.1, -0.05) is 115 Å². The summed E-state index contributed by atoms with van der Waals surface area (Å²) in [6.07, 6.45) is 0. The van der Waals surface area contributed by atoms with Crippen LogP contribution in [0.5, 0.6) is 0 Å². The van der Waals surface area contributed by atoms with Gasteiger partial charge in [0.1, 0.15) is 5.58 Å². The zero-order valence-corrected chi connectivity index (χ0v) is 39.9. The third kappa shape index (κ3) is 6.24. The van der Waals surface area contributed by atoms with Crippen molar-refractivity contribution >= 4 is 161 Å². The second kappa shape index (κ2) is 15.6. The number of hydrogen-bond acceptors (Lipinski definition) is 6. The third-order valence-electron chi connectivity index (χ3n) is 14.0. The first-order valence-electron chi connectivity index (χ1n) is 23.5. The Morgan fingerprint density at radius 2 is 0.786 bits per heavy atom. The number of nitrogens with zero attached hydrogens (tertiary/aromatic N) is 2. The molecule has 0 spiro atoms. The van der Waals surface area contributed by atoms with E-state index in [9.17, 15) is 0 Å². The molecule has 0 saturated heterocycles. The number of furan rings is 1. The monoisotopic (exact) mass is 946 g/mol. The highest BCUT2D eigenvalue weighted by molar-refractivity contribution is 7.26. The summed E-state index contributed by atoms with van der Waals surface area (Å²) >= 11 is 5.55. The van der Waals surface area contributed by atoms with E-state index in [1.807, 2.05) is 34.0 Å². The molecule has 70 heavy (non-hydrogen) atoms. The van der Waals surface area contributed by atoms with Crippen LogP contribution in [0.4, 0.5) is 34.1 Å². The normalized spacial score (nSPS) is 12.0. The maximum Gasteiger partial charge on any atom is 0.159 e. The van der Waals surface area contributed by atoms with Crippen molar-refractivity contribution in [2.24, 2.45) is 0 Å². The molecule has 4 heterocycles. The Morgan fingerprint density at radius 3 is 1.49 bits per heavy atom. The summed E-state index contributed by atoms with van der Waals surface area (Å²) in [5.41, 5.74) is 10.2. The molecule has 15 rings (SSSR count). The number of anilines is 6. The zero-order chi connectivity index (χ0) is 45.9. The smallest absolute Gasteiger partial charge is 0.159 e. The number of para-hydroxylation sites is 2. The van der Waals surface area contributed by atoms with Gasteiger partial charge in [-0.3, -0.25) is 0 Å². The summed E-state index contributed by atoms with van der Waals surface area (Å²) in [5, 5.41) is 12.3. The van der Waals surface area contributed by atoms with E-state index in [0.29, 0.717) is 0 Å². The molecule has 0 radical (unpaired) electrons. The van der Waals surface area contributed by atoms with Gasteiger partial charge in [-0.15, -0.1) is 34.0 Å². The molecule has 3 nitrogen and oxygen atoms in total. The number of rotatable bonds is 7. The van der Waals surface area contributed by atoms with E-state index in [1.54, 1.807) is 0 Å². The molecule has 0 fully saturated rings. The van der Waals surface area contributed by atoms with Gasteiger partial charge in [0.05, 0.1) is 5.69 Å². The van der Waals surface area contributed by atoms with E-state index in [4.69, 9.17) is 4.42 Å². The molecule has 0 saturated carbocycles. The van der Waals surface area contributed by atoms with Gasteiger partial charge in [0.15, 0.2) is 5.58 Å². The maximum absolute atomic E-state index is 7.19. The summed E-state index contributed by atoms with van der Waals surface area (Å²) in [7, 11) is 0. The fraction of sp³-hybridized carbons (Fsp3) is 0. The molecular formula is C64H38N2OS3. The van der Waals surface area contributed by atoms with Gasteiger partial charge in [-0.25, -0.2) is 0 Å². The van der Waals surface area contributed by atoms with E-state index in [-0.39, 0.29) is 0 Å². The van der Waals surface area contributed by atoms with Crippen molar-refractivity contribution in [1.82, 2.24) is 0 Å². The fourth-order valence-corrected chi connectivity index (χ4v) is 14.1. The second-order valence-electron chi connectivity index (χ2n) is 18.0. The molecule has 0 unspecified atom stereocenters. The quantitative estimate of drug-likeness (QED) is 0.159. The lowest BCUT2D eigenvalue weighted by Crippen LogP contribution is -2.13. The summed E-state index contributed by atoms with van der Waals surface area (Å²) in [6, 6.07) is 84.5. The Balaban J connectivity index is 1.00. The Morgan fingerprint density at radius 1 is 0.286 bits per heavy atom. The summed E-state index contributed by atoms with van der Waals surface area (Å²) in [5.74, 6) is 0. The van der Waals surface area contributed by atoms with Gasteiger partial charge in [0.2, 0.25) is 0 Å². The predicted octanol–water partition coefficient (Wildman–Crippen LogP) is 20.4. The van der Waals surface area contributed by atoms with Gasteiger partial charge in [-0.2, -0.15) is 0 Å². The highest BCUT2D eigenvalue weighted by Gasteiger charge is 2.25. The molecule has 15 aromatic rings. The highest BCUT2D eigenvalue weighted by Crippen LogP contribution is 2.50. The first-order valence-corrected chi connectivity index (χ1v) is 26.0. The van der Waals surface area contributed by atoms with Gasteiger partial charge in [0.25, 0.3) is 0 Å². The number of thiophene rings is 3. The lowest BCUT2D eigenvalue weighted by atomic mass is 9.98. The molecular weight excluding hydrogens is 909 g/mol. The first-order chi connectivity index (χ1) is 34.7. The first kappa shape index (κ1) is 39.7. The van der Waals surface area contributed by atoms with Crippen LogP contribution < -0.4 is 9.80 Å². The van der Waals surface area contributed by atoms with Crippen molar-refractivity contribution in [3.63, 3.8) is 0 Å². The van der Waals surface area contributed by atoms with Crippen LogP contribution in [0, 0.1) is 0 Å². The third-order valence-corrected chi connectivity index (χ3v) is 17.4. The molecule has 0 amide bonds. The summed E-state index contributed by atoms with van der Waals surface area (Å²) in [4.78, 5) is 4.80. The van der Waals surface area contributed by atoms with Gasteiger partial charge in [0, 0.05) is 99.7 Å². The van der Waals surface area contributed by atoms with Crippen LogP contribution >= 0.6 is 34.0 Å². The van der Waals surface area contributed by atoms with E-state index in [1.165, 1.54) is 76.9 Å². The Hall–Kier alpha value is -8.26. The molecule has 6 heteroatoms. The lowest BCUT2D eigenvalue weighted by Gasteiger charge is -2.29. The Kier molecular flexibility index (Phi) is 8.87. The van der Waals surface area contributed by atoms with Crippen LogP contribution in [0.15, 0.2) is 235 Å².